The van der Waals surface area contributed by atoms with Crippen molar-refractivity contribution in [3.8, 4) is 22.5 Å². The quantitative estimate of drug-likeness (QED) is 0.159. The second-order valence-corrected chi connectivity index (χ2v) is 10.2. The number of carbonyl (C=O) groups excluding carboxylic acids is 2. The van der Waals surface area contributed by atoms with E-state index < -0.39 is 11.6 Å². The summed E-state index contributed by atoms with van der Waals surface area (Å²) in [4.78, 5) is 26.9. The first-order valence-electron chi connectivity index (χ1n) is 13.7. The number of aromatic nitrogens is 4. The van der Waals surface area contributed by atoms with Crippen LogP contribution in [0.4, 0.5) is 8.78 Å². The summed E-state index contributed by atoms with van der Waals surface area (Å²) in [5.74, 6) is -1.29. The molecule has 2 aliphatic rings. The molecule has 2 aromatic carbocycles. The van der Waals surface area contributed by atoms with Gasteiger partial charge in [-0.15, -0.1) is 0 Å². The van der Waals surface area contributed by atoms with E-state index in [9.17, 15) is 18.4 Å². The minimum absolute atomic E-state index is 0.0853. The monoisotopic (exact) mass is 583 g/mol. The normalized spacial score (nSPS) is 13.7. The van der Waals surface area contributed by atoms with Gasteiger partial charge in [0.25, 0.3) is 11.8 Å². The van der Waals surface area contributed by atoms with Crippen molar-refractivity contribution in [1.82, 2.24) is 31.0 Å². The van der Waals surface area contributed by atoms with E-state index >= 15 is 0 Å². The highest BCUT2D eigenvalue weighted by Gasteiger charge is 2.26. The van der Waals surface area contributed by atoms with E-state index in [0.717, 1.165) is 31.4 Å². The van der Waals surface area contributed by atoms with Crippen molar-refractivity contribution in [2.45, 2.75) is 51.2 Å². The van der Waals surface area contributed by atoms with Crippen molar-refractivity contribution < 1.29 is 18.4 Å². The van der Waals surface area contributed by atoms with Crippen molar-refractivity contribution in [3.63, 3.8) is 0 Å². The van der Waals surface area contributed by atoms with E-state index in [4.69, 9.17) is 5.53 Å². The molecule has 43 heavy (non-hydrogen) atoms. The fourth-order valence-corrected chi connectivity index (χ4v) is 4.01. The Morgan fingerprint density at radius 1 is 0.837 bits per heavy atom. The van der Waals surface area contributed by atoms with Gasteiger partial charge >= 0.3 is 0 Å². The van der Waals surface area contributed by atoms with Crippen LogP contribution in [0.25, 0.3) is 33.0 Å². The predicted molar refractivity (Wildman–Crippen MR) is 153 cm³/mol. The van der Waals surface area contributed by atoms with Gasteiger partial charge in [0.2, 0.25) is 0 Å². The molecular formula is C30H27F2N9O2. The first kappa shape index (κ1) is 29.2. The number of nitrogens with one attached hydrogen (secondary N) is 2. The maximum Gasteiger partial charge on any atom is 0.252 e. The highest BCUT2D eigenvalue weighted by molar-refractivity contribution is 6.00. The summed E-state index contributed by atoms with van der Waals surface area (Å²) in [5, 5.41) is 25.0. The molecule has 2 aliphatic carbocycles. The number of nitrogens with zero attached hydrogens (tertiary/aromatic N) is 7. The number of benzene rings is 2. The summed E-state index contributed by atoms with van der Waals surface area (Å²) in [5.41, 5.74) is 11.8. The lowest BCUT2D eigenvalue weighted by Gasteiger charge is -2.09. The SMILES string of the molecule is Cc1ccc(-c2cc(C(=O)NC3CC3)ccc2F)nn1.[N-]=[N+]=NCc1ccc(-c2cc(F)ccc2C(=O)NC2CC2)nn1. The number of halogens is 2. The molecule has 0 spiro atoms. The van der Waals surface area contributed by atoms with E-state index in [1.807, 2.05) is 6.92 Å². The molecule has 0 unspecified atom stereocenters. The first-order valence-corrected chi connectivity index (χ1v) is 13.7. The second-order valence-electron chi connectivity index (χ2n) is 10.2. The Morgan fingerprint density at radius 2 is 1.51 bits per heavy atom. The average molecular weight is 584 g/mol. The van der Waals surface area contributed by atoms with Crippen LogP contribution < -0.4 is 10.6 Å². The largest absolute Gasteiger partial charge is 0.349 e. The Kier molecular flexibility index (Phi) is 8.92. The number of hydrogen-bond acceptors (Lipinski definition) is 7. The molecule has 13 heteroatoms. The van der Waals surface area contributed by atoms with Crippen molar-refractivity contribution >= 4 is 11.8 Å². The Bertz CT molecular complexity index is 1680. The van der Waals surface area contributed by atoms with Crippen LogP contribution in [0.2, 0.25) is 0 Å². The number of aryl methyl sites for hydroxylation is 1. The molecule has 4 aromatic rings. The number of azide groups is 1. The van der Waals surface area contributed by atoms with Crippen LogP contribution in [-0.4, -0.2) is 44.3 Å². The summed E-state index contributed by atoms with van der Waals surface area (Å²) >= 11 is 0. The van der Waals surface area contributed by atoms with Gasteiger partial charge in [0.15, 0.2) is 0 Å². The van der Waals surface area contributed by atoms with Gasteiger partial charge in [0, 0.05) is 39.2 Å². The minimum atomic E-state index is -0.456. The van der Waals surface area contributed by atoms with Crippen molar-refractivity contribution in [2.24, 2.45) is 5.11 Å². The van der Waals surface area contributed by atoms with Crippen LogP contribution in [0.1, 0.15) is 57.8 Å². The third-order valence-corrected chi connectivity index (χ3v) is 6.65. The van der Waals surface area contributed by atoms with Gasteiger partial charge in [-0.1, -0.05) is 5.11 Å². The van der Waals surface area contributed by atoms with E-state index in [0.29, 0.717) is 39.3 Å². The summed E-state index contributed by atoms with van der Waals surface area (Å²) in [6.07, 6.45) is 3.97. The van der Waals surface area contributed by atoms with Gasteiger partial charge in [-0.25, -0.2) is 8.78 Å². The molecular weight excluding hydrogens is 556 g/mol. The van der Waals surface area contributed by atoms with Crippen LogP contribution in [-0.2, 0) is 6.54 Å². The highest BCUT2D eigenvalue weighted by Crippen LogP contribution is 2.26. The summed E-state index contributed by atoms with van der Waals surface area (Å²) < 4.78 is 27.5. The first-order chi connectivity index (χ1) is 20.8. The van der Waals surface area contributed by atoms with E-state index in [-0.39, 0.29) is 30.4 Å². The van der Waals surface area contributed by atoms with Crippen molar-refractivity contribution in [3.05, 3.63) is 105 Å². The third kappa shape index (κ3) is 7.92. The average Bonchev–Trinajstić information content (AvgIpc) is 3.95. The fourth-order valence-electron chi connectivity index (χ4n) is 4.01. The van der Waals surface area contributed by atoms with E-state index in [1.54, 1.807) is 24.3 Å². The number of carbonyl (C=O) groups is 2. The Labute approximate surface area is 245 Å². The molecule has 2 amide bonds. The molecule has 6 rings (SSSR count). The highest BCUT2D eigenvalue weighted by atomic mass is 19.1. The van der Waals surface area contributed by atoms with Crippen LogP contribution in [0.5, 0.6) is 0 Å². The summed E-state index contributed by atoms with van der Waals surface area (Å²) in [6, 6.07) is 15.4. The van der Waals surface area contributed by atoms with Crippen molar-refractivity contribution in [1.29, 1.82) is 0 Å². The van der Waals surface area contributed by atoms with Crippen LogP contribution >= 0.6 is 0 Å². The molecule has 0 aliphatic heterocycles. The van der Waals surface area contributed by atoms with Gasteiger partial charge in [-0.3, -0.25) is 9.59 Å². The Balaban J connectivity index is 0.000000173. The van der Waals surface area contributed by atoms with Crippen LogP contribution in [0.3, 0.4) is 0 Å². The lowest BCUT2D eigenvalue weighted by atomic mass is 10.0. The molecule has 2 N–H and O–H groups in total. The maximum absolute atomic E-state index is 13.9. The zero-order valence-electron chi connectivity index (χ0n) is 23.2. The lowest BCUT2D eigenvalue weighted by molar-refractivity contribution is 0.0943. The molecule has 0 bridgehead atoms. The molecule has 0 radical (unpaired) electrons. The fraction of sp³-hybridized carbons (Fsp3) is 0.267. The van der Waals surface area contributed by atoms with Gasteiger partial charge in [0.05, 0.1) is 29.3 Å². The van der Waals surface area contributed by atoms with E-state index in [1.165, 1.54) is 36.4 Å². The maximum atomic E-state index is 13.9. The molecule has 2 aromatic heterocycles. The topological polar surface area (TPSA) is 159 Å². The second kappa shape index (κ2) is 13.1. The van der Waals surface area contributed by atoms with Gasteiger partial charge in [-0.05, 0) is 98.8 Å². The molecule has 218 valence electrons. The lowest BCUT2D eigenvalue weighted by Crippen LogP contribution is -2.26. The predicted octanol–water partition coefficient (Wildman–Crippen LogP) is 5.47. The summed E-state index contributed by atoms with van der Waals surface area (Å²) in [6.45, 7) is 1.90. The van der Waals surface area contributed by atoms with Gasteiger partial charge in [-0.2, -0.15) is 20.4 Å². The molecule has 2 heterocycles. The zero-order valence-corrected chi connectivity index (χ0v) is 23.2. The zero-order chi connectivity index (χ0) is 30.3. The third-order valence-electron chi connectivity index (χ3n) is 6.65. The molecule has 11 nitrogen and oxygen atoms in total. The van der Waals surface area contributed by atoms with Crippen molar-refractivity contribution in [2.75, 3.05) is 0 Å². The molecule has 2 saturated carbocycles. The molecule has 2 fully saturated rings. The Morgan fingerprint density at radius 3 is 2.14 bits per heavy atom. The van der Waals surface area contributed by atoms with E-state index in [2.05, 4.69) is 41.1 Å². The number of amides is 2. The Hall–Kier alpha value is -5.29. The van der Waals surface area contributed by atoms with Crippen LogP contribution in [0.15, 0.2) is 65.8 Å². The minimum Gasteiger partial charge on any atom is -0.349 e. The molecule has 0 atom stereocenters. The summed E-state index contributed by atoms with van der Waals surface area (Å²) in [7, 11) is 0. The number of rotatable bonds is 8. The van der Waals surface area contributed by atoms with Gasteiger partial charge in [0.1, 0.15) is 11.6 Å². The van der Waals surface area contributed by atoms with Crippen LogP contribution in [0, 0.1) is 18.6 Å². The van der Waals surface area contributed by atoms with Gasteiger partial charge < -0.3 is 10.6 Å². The molecule has 0 saturated heterocycles. The standard InChI is InChI=1S/C15H13FN6O.C15H14FN3O/c16-9-1-5-12(15(23)19-10-2-3-10)13(7-9)14-6-4-11(20-21-14)8-18-22-17;1-9-2-7-14(19-18-9)12-8-10(3-6-13(12)16)15(20)17-11-4-5-11/h1,4-7,10H,2-3,8H2,(H,19,23);2-3,6-8,11H,4-5H2,1H3,(H,17,20). The smallest absolute Gasteiger partial charge is 0.252 e. The number of hydrogen-bond donors (Lipinski definition) is 2.